The number of halogens is 3. The summed E-state index contributed by atoms with van der Waals surface area (Å²) in [4.78, 5) is 15.9. The number of rotatable bonds is 3. The molecule has 1 unspecified atom stereocenters. The standard InChI is InChI=1S/C18H20F3N3O/c19-15-3-4-16(13(10-15)12-22)23-6-8-24(9-7-23)17(25)11-14-2-1-5-18(14,20)21/h3-4,10,14H,1-2,5-9,11H2. The van der Waals surface area contributed by atoms with Gasteiger partial charge in [0.05, 0.1) is 11.3 Å². The van der Waals surface area contributed by atoms with Gasteiger partial charge >= 0.3 is 0 Å². The van der Waals surface area contributed by atoms with Gasteiger partial charge in [0.15, 0.2) is 0 Å². The molecule has 1 aliphatic heterocycles. The number of benzene rings is 1. The van der Waals surface area contributed by atoms with Crippen LogP contribution in [0.3, 0.4) is 0 Å². The molecule has 7 heteroatoms. The Morgan fingerprint density at radius 1 is 1.28 bits per heavy atom. The Kier molecular flexibility index (Phi) is 4.89. The fourth-order valence-corrected chi connectivity index (χ4v) is 3.66. The van der Waals surface area contributed by atoms with E-state index in [2.05, 4.69) is 0 Å². The molecule has 0 N–H and O–H groups in total. The van der Waals surface area contributed by atoms with Crippen molar-refractivity contribution in [3.05, 3.63) is 29.6 Å². The van der Waals surface area contributed by atoms with Gasteiger partial charge in [-0.1, -0.05) is 0 Å². The molecule has 0 aromatic heterocycles. The molecular weight excluding hydrogens is 331 g/mol. The van der Waals surface area contributed by atoms with Gasteiger partial charge in [0.2, 0.25) is 5.91 Å². The lowest BCUT2D eigenvalue weighted by Crippen LogP contribution is -2.49. The quantitative estimate of drug-likeness (QED) is 0.840. The van der Waals surface area contributed by atoms with Crippen LogP contribution in [0.5, 0.6) is 0 Å². The molecule has 1 atom stereocenters. The third-order valence-electron chi connectivity index (χ3n) is 5.13. The fraction of sp³-hybridized carbons (Fsp3) is 0.556. The zero-order chi connectivity index (χ0) is 18.0. The number of carbonyl (C=O) groups is 1. The molecule has 1 heterocycles. The van der Waals surface area contributed by atoms with Gasteiger partial charge in [-0.15, -0.1) is 0 Å². The fourth-order valence-electron chi connectivity index (χ4n) is 3.66. The van der Waals surface area contributed by atoms with Gasteiger partial charge in [-0.3, -0.25) is 4.79 Å². The van der Waals surface area contributed by atoms with E-state index >= 15 is 0 Å². The van der Waals surface area contributed by atoms with E-state index in [4.69, 9.17) is 5.26 Å². The summed E-state index contributed by atoms with van der Waals surface area (Å²) < 4.78 is 40.6. The minimum Gasteiger partial charge on any atom is -0.367 e. The average molecular weight is 351 g/mol. The van der Waals surface area contributed by atoms with E-state index in [0.717, 1.165) is 0 Å². The van der Waals surface area contributed by atoms with Gasteiger partial charge in [-0.25, -0.2) is 13.2 Å². The predicted octanol–water partition coefficient (Wildman–Crippen LogP) is 3.17. The first-order chi connectivity index (χ1) is 11.9. The van der Waals surface area contributed by atoms with Crippen LogP contribution in [0.2, 0.25) is 0 Å². The number of piperazine rings is 1. The van der Waals surface area contributed by atoms with Crippen molar-refractivity contribution < 1.29 is 18.0 Å². The molecule has 1 saturated carbocycles. The lowest BCUT2D eigenvalue weighted by molar-refractivity contribution is -0.136. The molecule has 1 aromatic carbocycles. The minimum atomic E-state index is -2.73. The Morgan fingerprint density at radius 2 is 2.00 bits per heavy atom. The predicted molar refractivity (Wildman–Crippen MR) is 86.8 cm³/mol. The number of nitrogens with zero attached hydrogens (tertiary/aromatic N) is 3. The van der Waals surface area contributed by atoms with Crippen molar-refractivity contribution in [2.24, 2.45) is 5.92 Å². The summed E-state index contributed by atoms with van der Waals surface area (Å²) in [5, 5.41) is 9.14. The summed E-state index contributed by atoms with van der Waals surface area (Å²) in [6, 6.07) is 6.03. The summed E-state index contributed by atoms with van der Waals surface area (Å²) in [5.41, 5.74) is 0.892. The van der Waals surface area contributed by atoms with Crippen LogP contribution in [-0.4, -0.2) is 42.9 Å². The smallest absolute Gasteiger partial charge is 0.251 e. The van der Waals surface area contributed by atoms with E-state index in [0.29, 0.717) is 44.7 Å². The highest BCUT2D eigenvalue weighted by atomic mass is 19.3. The molecule has 0 spiro atoms. The van der Waals surface area contributed by atoms with Gasteiger partial charge in [-0.05, 0) is 31.0 Å². The van der Waals surface area contributed by atoms with Crippen molar-refractivity contribution in [2.75, 3.05) is 31.1 Å². The molecule has 4 nitrogen and oxygen atoms in total. The molecule has 0 bridgehead atoms. The Hall–Kier alpha value is -2.23. The van der Waals surface area contributed by atoms with Crippen molar-refractivity contribution >= 4 is 11.6 Å². The lowest BCUT2D eigenvalue weighted by Gasteiger charge is -2.37. The topological polar surface area (TPSA) is 47.3 Å². The summed E-state index contributed by atoms with van der Waals surface area (Å²) in [5.74, 6) is -4.27. The third-order valence-corrected chi connectivity index (χ3v) is 5.13. The first-order valence-electron chi connectivity index (χ1n) is 8.51. The molecule has 2 fully saturated rings. The van der Waals surface area contributed by atoms with Gasteiger partial charge in [0.1, 0.15) is 11.9 Å². The second-order valence-corrected chi connectivity index (χ2v) is 6.70. The Balaban J connectivity index is 1.59. The van der Waals surface area contributed by atoms with Crippen LogP contribution in [0.15, 0.2) is 18.2 Å². The van der Waals surface area contributed by atoms with Crippen LogP contribution in [-0.2, 0) is 4.79 Å². The van der Waals surface area contributed by atoms with Crippen LogP contribution < -0.4 is 4.90 Å². The molecule has 2 aliphatic rings. The zero-order valence-electron chi connectivity index (χ0n) is 13.9. The largest absolute Gasteiger partial charge is 0.367 e. The Labute approximate surface area is 144 Å². The van der Waals surface area contributed by atoms with Crippen LogP contribution in [0.4, 0.5) is 18.9 Å². The van der Waals surface area contributed by atoms with E-state index in [1.54, 1.807) is 11.0 Å². The van der Waals surface area contributed by atoms with Crippen molar-refractivity contribution in [3.63, 3.8) is 0 Å². The molecule has 25 heavy (non-hydrogen) atoms. The highest BCUT2D eigenvalue weighted by molar-refractivity contribution is 5.77. The van der Waals surface area contributed by atoms with E-state index in [-0.39, 0.29) is 24.3 Å². The summed E-state index contributed by atoms with van der Waals surface area (Å²) >= 11 is 0. The molecule has 1 amide bonds. The third kappa shape index (κ3) is 3.73. The molecular formula is C18H20F3N3O. The van der Waals surface area contributed by atoms with Gasteiger partial charge in [0.25, 0.3) is 5.92 Å². The Bertz CT molecular complexity index is 693. The van der Waals surface area contributed by atoms with Crippen molar-refractivity contribution in [2.45, 2.75) is 31.6 Å². The number of hydrogen-bond acceptors (Lipinski definition) is 3. The van der Waals surface area contributed by atoms with Crippen molar-refractivity contribution in [1.29, 1.82) is 5.26 Å². The second kappa shape index (κ2) is 6.95. The van der Waals surface area contributed by atoms with Crippen LogP contribution >= 0.6 is 0 Å². The van der Waals surface area contributed by atoms with Crippen LogP contribution in [0, 0.1) is 23.1 Å². The first-order valence-corrected chi connectivity index (χ1v) is 8.51. The summed E-state index contributed by atoms with van der Waals surface area (Å²) in [6.45, 7) is 1.82. The van der Waals surface area contributed by atoms with Crippen molar-refractivity contribution in [3.8, 4) is 6.07 Å². The normalized spacial score (nSPS) is 22.7. The van der Waals surface area contributed by atoms with Crippen LogP contribution in [0.25, 0.3) is 0 Å². The number of carbonyl (C=O) groups excluding carboxylic acids is 1. The lowest BCUT2D eigenvalue weighted by atomic mass is 10.00. The summed E-state index contributed by atoms with van der Waals surface area (Å²) in [6.07, 6.45) is 0.646. The van der Waals surface area contributed by atoms with Gasteiger partial charge in [0, 0.05) is 44.9 Å². The number of anilines is 1. The highest BCUT2D eigenvalue weighted by Gasteiger charge is 2.45. The maximum Gasteiger partial charge on any atom is 0.251 e. The number of hydrogen-bond donors (Lipinski definition) is 0. The van der Waals surface area contributed by atoms with E-state index in [1.807, 2.05) is 11.0 Å². The highest BCUT2D eigenvalue weighted by Crippen LogP contribution is 2.42. The van der Waals surface area contributed by atoms with Crippen molar-refractivity contribution in [1.82, 2.24) is 4.90 Å². The molecule has 1 saturated heterocycles. The van der Waals surface area contributed by atoms with E-state index in [9.17, 15) is 18.0 Å². The van der Waals surface area contributed by atoms with Gasteiger partial charge in [-0.2, -0.15) is 5.26 Å². The second-order valence-electron chi connectivity index (χ2n) is 6.70. The number of amides is 1. The van der Waals surface area contributed by atoms with Crippen LogP contribution in [0.1, 0.15) is 31.2 Å². The SMILES string of the molecule is N#Cc1cc(F)ccc1N1CCN(C(=O)CC2CCCC2(F)F)CC1. The zero-order valence-corrected chi connectivity index (χ0v) is 13.9. The monoisotopic (exact) mass is 351 g/mol. The molecule has 1 aliphatic carbocycles. The number of alkyl halides is 2. The molecule has 1 aromatic rings. The average Bonchev–Trinajstić information content (AvgIpc) is 2.93. The minimum absolute atomic E-state index is 0.104. The van der Waals surface area contributed by atoms with E-state index < -0.39 is 17.7 Å². The molecule has 0 radical (unpaired) electrons. The molecule has 3 rings (SSSR count). The first kappa shape index (κ1) is 17.6. The Morgan fingerprint density at radius 3 is 2.60 bits per heavy atom. The maximum absolute atomic E-state index is 13.7. The maximum atomic E-state index is 13.7. The van der Waals surface area contributed by atoms with Gasteiger partial charge < -0.3 is 9.80 Å². The number of nitriles is 1. The van der Waals surface area contributed by atoms with E-state index in [1.165, 1.54) is 12.1 Å². The summed E-state index contributed by atoms with van der Waals surface area (Å²) in [7, 11) is 0. The molecule has 134 valence electrons.